The number of ether oxygens (including phenoxy) is 5. The monoisotopic (exact) mass is 479 g/mol. The van der Waals surface area contributed by atoms with Crippen molar-refractivity contribution in [2.45, 2.75) is 0 Å². The van der Waals surface area contributed by atoms with Gasteiger partial charge in [0.05, 0.1) is 69.3 Å². The SMILES string of the molecule is COC(=O)c1ccccc1N(c1ccc(OC)cc1C(=O)OC)c1ccc(OC)cc1C(=O)OC. The second-order valence-corrected chi connectivity index (χ2v) is 7.09. The van der Waals surface area contributed by atoms with Gasteiger partial charge < -0.3 is 28.6 Å². The number of esters is 3. The van der Waals surface area contributed by atoms with Gasteiger partial charge in [-0.3, -0.25) is 0 Å². The molecule has 3 aromatic rings. The first-order valence-electron chi connectivity index (χ1n) is 10.4. The molecule has 0 fully saturated rings. The van der Waals surface area contributed by atoms with E-state index >= 15 is 0 Å². The van der Waals surface area contributed by atoms with Gasteiger partial charge in [0.15, 0.2) is 0 Å². The van der Waals surface area contributed by atoms with E-state index in [0.717, 1.165) is 0 Å². The van der Waals surface area contributed by atoms with Crippen LogP contribution in [0.5, 0.6) is 11.5 Å². The summed E-state index contributed by atoms with van der Waals surface area (Å²) in [4.78, 5) is 39.9. The summed E-state index contributed by atoms with van der Waals surface area (Å²) in [7, 11) is 6.72. The van der Waals surface area contributed by atoms with Gasteiger partial charge in [0.2, 0.25) is 0 Å². The van der Waals surface area contributed by atoms with Crippen molar-refractivity contribution in [3.63, 3.8) is 0 Å². The van der Waals surface area contributed by atoms with Crippen molar-refractivity contribution in [2.24, 2.45) is 0 Å². The molecule has 0 saturated carbocycles. The Balaban J connectivity index is 2.45. The highest BCUT2D eigenvalue weighted by atomic mass is 16.5. The fourth-order valence-corrected chi connectivity index (χ4v) is 3.56. The van der Waals surface area contributed by atoms with Crippen LogP contribution < -0.4 is 14.4 Å². The molecule has 0 atom stereocenters. The van der Waals surface area contributed by atoms with Crippen molar-refractivity contribution in [2.75, 3.05) is 40.4 Å². The summed E-state index contributed by atoms with van der Waals surface area (Å²) in [5, 5.41) is 0. The minimum Gasteiger partial charge on any atom is -0.497 e. The van der Waals surface area contributed by atoms with Crippen molar-refractivity contribution in [3.05, 3.63) is 77.4 Å². The summed E-state index contributed by atoms with van der Waals surface area (Å²) in [6.07, 6.45) is 0. The molecule has 0 spiro atoms. The number of anilines is 3. The van der Waals surface area contributed by atoms with E-state index in [-0.39, 0.29) is 16.7 Å². The molecule has 0 radical (unpaired) electrons. The number of methoxy groups -OCH3 is 5. The highest BCUT2D eigenvalue weighted by Gasteiger charge is 2.28. The first kappa shape index (κ1) is 25.1. The molecule has 0 aliphatic heterocycles. The zero-order valence-electron chi connectivity index (χ0n) is 20.0. The average molecular weight is 479 g/mol. The molecule has 0 amide bonds. The van der Waals surface area contributed by atoms with Crippen LogP contribution in [0, 0.1) is 0 Å². The lowest BCUT2D eigenvalue weighted by Crippen LogP contribution is -2.21. The highest BCUT2D eigenvalue weighted by Crippen LogP contribution is 2.42. The summed E-state index contributed by atoms with van der Waals surface area (Å²) in [5.74, 6) is -1.07. The third-order valence-electron chi connectivity index (χ3n) is 5.25. The van der Waals surface area contributed by atoms with Gasteiger partial charge >= 0.3 is 17.9 Å². The molecule has 0 bridgehead atoms. The maximum absolute atomic E-state index is 12.8. The van der Waals surface area contributed by atoms with E-state index in [1.165, 1.54) is 47.7 Å². The Hall–Kier alpha value is -4.53. The second-order valence-electron chi connectivity index (χ2n) is 7.09. The molecule has 0 aliphatic carbocycles. The summed E-state index contributed by atoms with van der Waals surface area (Å²) in [5.41, 5.74) is 1.48. The second kappa shape index (κ2) is 11.1. The molecule has 0 saturated heterocycles. The van der Waals surface area contributed by atoms with Gasteiger partial charge in [0.1, 0.15) is 11.5 Å². The lowest BCUT2D eigenvalue weighted by Gasteiger charge is -2.30. The number of nitrogens with zero attached hydrogens (tertiary/aromatic N) is 1. The molecule has 182 valence electrons. The van der Waals surface area contributed by atoms with Gasteiger partial charge in [-0.1, -0.05) is 12.1 Å². The highest BCUT2D eigenvalue weighted by molar-refractivity contribution is 6.06. The molecule has 9 nitrogen and oxygen atoms in total. The van der Waals surface area contributed by atoms with Crippen LogP contribution in [0.25, 0.3) is 0 Å². The lowest BCUT2D eigenvalue weighted by atomic mass is 10.0. The fraction of sp³-hybridized carbons (Fsp3) is 0.192. The fourth-order valence-electron chi connectivity index (χ4n) is 3.56. The summed E-state index contributed by atoms with van der Waals surface area (Å²) in [6.45, 7) is 0. The zero-order chi connectivity index (χ0) is 25.5. The molecule has 9 heteroatoms. The molecule has 3 aromatic carbocycles. The number of rotatable bonds is 8. The largest absolute Gasteiger partial charge is 0.497 e. The molecule has 0 unspecified atom stereocenters. The van der Waals surface area contributed by atoms with Gasteiger partial charge in [-0.05, 0) is 48.5 Å². The van der Waals surface area contributed by atoms with Crippen LogP contribution in [0.15, 0.2) is 60.7 Å². The average Bonchev–Trinajstić information content (AvgIpc) is 2.92. The number of carbonyl (C=O) groups excluding carboxylic acids is 3. The number of hydrogen-bond donors (Lipinski definition) is 0. The van der Waals surface area contributed by atoms with Gasteiger partial charge in [0, 0.05) is 0 Å². The van der Waals surface area contributed by atoms with E-state index in [0.29, 0.717) is 28.6 Å². The van der Waals surface area contributed by atoms with Crippen molar-refractivity contribution in [1.82, 2.24) is 0 Å². The Labute approximate surface area is 202 Å². The minimum absolute atomic E-state index is 0.137. The van der Waals surface area contributed by atoms with E-state index in [1.54, 1.807) is 53.4 Å². The van der Waals surface area contributed by atoms with Crippen LogP contribution in [0.4, 0.5) is 17.1 Å². The van der Waals surface area contributed by atoms with Gasteiger partial charge in [-0.2, -0.15) is 0 Å². The maximum atomic E-state index is 12.8. The third kappa shape index (κ3) is 5.03. The van der Waals surface area contributed by atoms with Crippen molar-refractivity contribution in [3.8, 4) is 11.5 Å². The van der Waals surface area contributed by atoms with Crippen molar-refractivity contribution >= 4 is 35.0 Å². The van der Waals surface area contributed by atoms with E-state index in [1.807, 2.05) is 0 Å². The number of carbonyl (C=O) groups is 3. The zero-order valence-corrected chi connectivity index (χ0v) is 20.0. The standard InChI is InChI=1S/C26H25NO8/c1-31-16-10-12-22(19(14-16)25(29)34-4)27(21-9-7-6-8-18(21)24(28)33-3)23-13-11-17(32-2)15-20(23)26(30)35-5/h6-15H,1-5H3. The minimum atomic E-state index is -0.646. The lowest BCUT2D eigenvalue weighted by molar-refractivity contribution is 0.0593. The molecule has 0 heterocycles. The molecule has 0 aromatic heterocycles. The Kier molecular flexibility index (Phi) is 7.93. The molecular weight excluding hydrogens is 454 g/mol. The van der Waals surface area contributed by atoms with Gasteiger partial charge in [-0.25, -0.2) is 14.4 Å². The summed E-state index contributed by atoms with van der Waals surface area (Å²) < 4.78 is 25.6. The first-order valence-corrected chi connectivity index (χ1v) is 10.4. The van der Waals surface area contributed by atoms with Crippen molar-refractivity contribution < 1.29 is 38.1 Å². The topological polar surface area (TPSA) is 101 Å². The van der Waals surface area contributed by atoms with Crippen LogP contribution in [0.2, 0.25) is 0 Å². The Morgan fingerprint density at radius 1 is 0.543 bits per heavy atom. The van der Waals surface area contributed by atoms with E-state index < -0.39 is 17.9 Å². The number of hydrogen-bond acceptors (Lipinski definition) is 9. The van der Waals surface area contributed by atoms with Crippen LogP contribution in [-0.2, 0) is 14.2 Å². The van der Waals surface area contributed by atoms with Crippen LogP contribution in [-0.4, -0.2) is 53.5 Å². The summed E-state index contributed by atoms with van der Waals surface area (Å²) in [6, 6.07) is 16.2. The predicted molar refractivity (Wildman–Crippen MR) is 128 cm³/mol. The van der Waals surface area contributed by atoms with Crippen LogP contribution in [0.1, 0.15) is 31.1 Å². The Bertz CT molecular complexity index is 1190. The maximum Gasteiger partial charge on any atom is 0.340 e. The normalized spacial score (nSPS) is 10.2. The van der Waals surface area contributed by atoms with Crippen LogP contribution >= 0.6 is 0 Å². The molecular formula is C26H25NO8. The number of benzene rings is 3. The van der Waals surface area contributed by atoms with Crippen molar-refractivity contribution in [1.29, 1.82) is 0 Å². The third-order valence-corrected chi connectivity index (χ3v) is 5.25. The van der Waals surface area contributed by atoms with E-state index in [2.05, 4.69) is 0 Å². The quantitative estimate of drug-likeness (QED) is 0.341. The molecule has 0 aliphatic rings. The van der Waals surface area contributed by atoms with Gasteiger partial charge in [-0.15, -0.1) is 0 Å². The molecule has 3 rings (SSSR count). The Morgan fingerprint density at radius 3 is 1.37 bits per heavy atom. The molecule has 35 heavy (non-hydrogen) atoms. The molecule has 0 N–H and O–H groups in total. The first-order chi connectivity index (χ1) is 16.9. The Morgan fingerprint density at radius 2 is 0.943 bits per heavy atom. The number of para-hydroxylation sites is 1. The summed E-state index contributed by atoms with van der Waals surface area (Å²) >= 11 is 0. The van der Waals surface area contributed by atoms with Gasteiger partial charge in [0.25, 0.3) is 0 Å². The van der Waals surface area contributed by atoms with E-state index in [4.69, 9.17) is 23.7 Å². The predicted octanol–water partition coefficient (Wildman–Crippen LogP) is 4.53. The smallest absolute Gasteiger partial charge is 0.340 e. The van der Waals surface area contributed by atoms with E-state index in [9.17, 15) is 14.4 Å². The van der Waals surface area contributed by atoms with Crippen LogP contribution in [0.3, 0.4) is 0 Å².